The predicted octanol–water partition coefficient (Wildman–Crippen LogP) is 4.62. The predicted molar refractivity (Wildman–Crippen MR) is 167 cm³/mol. The summed E-state index contributed by atoms with van der Waals surface area (Å²) in [4.78, 5) is 25.0. The van der Waals surface area contributed by atoms with Gasteiger partial charge in [-0.2, -0.15) is 0 Å². The first-order chi connectivity index (χ1) is 21.1. The lowest BCUT2D eigenvalue weighted by molar-refractivity contribution is -0.141. The Labute approximate surface area is 260 Å². The molecule has 0 saturated heterocycles. The summed E-state index contributed by atoms with van der Waals surface area (Å²) < 4.78 is 68.3. The normalized spacial score (nSPS) is 18.5. The number of nitrogens with one attached hydrogen (secondary N) is 2. The molecule has 12 heteroatoms. The van der Waals surface area contributed by atoms with Crippen molar-refractivity contribution in [2.24, 2.45) is 0 Å². The van der Waals surface area contributed by atoms with Gasteiger partial charge in [0, 0.05) is 12.2 Å². The SMILES string of the molecule is O=C(/C=C/C(=O)OC[C@@H](NS(=O)(=O)C1CCCCC1)c1ccccc1)OC[C@@H](NS(=O)(=O)C1CCCCC1)c1ccccc1. The van der Waals surface area contributed by atoms with Crippen molar-refractivity contribution in [3.8, 4) is 0 Å². The van der Waals surface area contributed by atoms with Gasteiger partial charge in [-0.1, -0.05) is 99.2 Å². The summed E-state index contributed by atoms with van der Waals surface area (Å²) in [7, 11) is -7.29. The monoisotopic (exact) mass is 646 g/mol. The fourth-order valence-corrected chi connectivity index (χ4v) is 9.16. The molecule has 240 valence electrons. The van der Waals surface area contributed by atoms with Gasteiger partial charge in [-0.3, -0.25) is 0 Å². The van der Waals surface area contributed by atoms with Gasteiger partial charge in [0.25, 0.3) is 0 Å². The van der Waals surface area contributed by atoms with E-state index in [2.05, 4.69) is 9.44 Å². The molecule has 2 fully saturated rings. The van der Waals surface area contributed by atoms with Gasteiger partial charge >= 0.3 is 11.9 Å². The van der Waals surface area contributed by atoms with E-state index in [9.17, 15) is 26.4 Å². The zero-order valence-corrected chi connectivity index (χ0v) is 26.4. The molecular formula is C32H42N2O8S2. The van der Waals surface area contributed by atoms with E-state index in [0.717, 1.165) is 50.7 Å². The molecule has 2 N–H and O–H groups in total. The Balaban J connectivity index is 1.33. The van der Waals surface area contributed by atoms with E-state index in [4.69, 9.17) is 9.47 Å². The van der Waals surface area contributed by atoms with E-state index >= 15 is 0 Å². The molecule has 0 amide bonds. The lowest BCUT2D eigenvalue weighted by Crippen LogP contribution is -2.39. The highest BCUT2D eigenvalue weighted by molar-refractivity contribution is 7.90. The standard InChI is InChI=1S/C32H42N2O8S2/c35-31(41-23-29(25-13-5-1-6-14-25)33-43(37,38)27-17-9-3-10-18-27)21-22-32(36)42-24-30(26-15-7-2-8-16-26)34-44(39,40)28-19-11-4-12-20-28/h1-2,5-8,13-16,21-22,27-30,33-34H,3-4,9-12,17-20,23-24H2/b22-21+/t29-,30-/m1/s1. The third-order valence-electron chi connectivity index (χ3n) is 8.14. The Morgan fingerprint density at radius 2 is 0.955 bits per heavy atom. The van der Waals surface area contributed by atoms with Crippen LogP contribution in [0.5, 0.6) is 0 Å². The molecule has 2 aliphatic rings. The maximum absolute atomic E-state index is 13.1. The number of hydrogen-bond acceptors (Lipinski definition) is 8. The Hall–Kier alpha value is -3.06. The summed E-state index contributed by atoms with van der Waals surface area (Å²) in [6, 6.07) is 16.1. The number of carbonyl (C=O) groups excluding carboxylic acids is 2. The van der Waals surface area contributed by atoms with Crippen molar-refractivity contribution in [1.29, 1.82) is 0 Å². The van der Waals surface area contributed by atoms with Gasteiger partial charge < -0.3 is 9.47 Å². The summed E-state index contributed by atoms with van der Waals surface area (Å²) in [5.41, 5.74) is 1.29. The summed E-state index contributed by atoms with van der Waals surface area (Å²) in [5.74, 6) is -1.70. The first-order valence-electron chi connectivity index (χ1n) is 15.3. The summed E-state index contributed by atoms with van der Waals surface area (Å²) >= 11 is 0. The Morgan fingerprint density at radius 3 is 1.30 bits per heavy atom. The van der Waals surface area contributed by atoms with Gasteiger partial charge in [0.2, 0.25) is 20.0 Å². The van der Waals surface area contributed by atoms with Crippen LogP contribution >= 0.6 is 0 Å². The zero-order chi connectivity index (χ0) is 31.4. The third-order valence-corrected chi connectivity index (χ3v) is 12.1. The molecule has 44 heavy (non-hydrogen) atoms. The minimum Gasteiger partial charge on any atom is -0.460 e. The lowest BCUT2D eigenvalue weighted by Gasteiger charge is -2.26. The highest BCUT2D eigenvalue weighted by atomic mass is 32.2. The largest absolute Gasteiger partial charge is 0.460 e. The minimum absolute atomic E-state index is 0.271. The Kier molecular flexibility index (Phi) is 12.5. The lowest BCUT2D eigenvalue weighted by atomic mass is 10.0. The van der Waals surface area contributed by atoms with Gasteiger partial charge in [0.05, 0.1) is 22.6 Å². The highest BCUT2D eigenvalue weighted by Gasteiger charge is 2.31. The van der Waals surface area contributed by atoms with Crippen LogP contribution in [0.1, 0.15) is 87.4 Å². The van der Waals surface area contributed by atoms with Crippen molar-refractivity contribution >= 4 is 32.0 Å². The van der Waals surface area contributed by atoms with Crippen molar-refractivity contribution in [2.75, 3.05) is 13.2 Å². The van der Waals surface area contributed by atoms with Crippen LogP contribution in [-0.4, -0.2) is 52.5 Å². The molecule has 0 spiro atoms. The first kappa shape index (κ1) is 33.8. The molecule has 0 aromatic heterocycles. The molecule has 0 bridgehead atoms. The van der Waals surface area contributed by atoms with Crippen LogP contribution in [0.4, 0.5) is 0 Å². The average molecular weight is 647 g/mol. The Morgan fingerprint density at radius 1 is 0.614 bits per heavy atom. The molecule has 2 aliphatic carbocycles. The van der Waals surface area contributed by atoms with E-state index in [1.807, 2.05) is 0 Å². The van der Waals surface area contributed by atoms with Crippen LogP contribution in [-0.2, 0) is 39.1 Å². The van der Waals surface area contributed by atoms with Crippen LogP contribution in [0.15, 0.2) is 72.8 Å². The quantitative estimate of drug-likeness (QED) is 0.224. The van der Waals surface area contributed by atoms with Crippen molar-refractivity contribution in [3.63, 3.8) is 0 Å². The molecule has 10 nitrogen and oxygen atoms in total. The number of carbonyl (C=O) groups is 2. The van der Waals surface area contributed by atoms with Gasteiger partial charge in [-0.25, -0.2) is 35.9 Å². The topological polar surface area (TPSA) is 145 Å². The summed E-state index contributed by atoms with van der Waals surface area (Å²) in [5, 5.41) is -0.973. The van der Waals surface area contributed by atoms with Crippen LogP contribution in [0, 0.1) is 0 Å². The number of ether oxygens (including phenoxy) is 2. The zero-order valence-electron chi connectivity index (χ0n) is 24.8. The smallest absolute Gasteiger partial charge is 0.331 e. The average Bonchev–Trinajstić information content (AvgIpc) is 3.05. The van der Waals surface area contributed by atoms with Gasteiger partial charge in [0.1, 0.15) is 13.2 Å². The van der Waals surface area contributed by atoms with E-state index in [1.54, 1.807) is 60.7 Å². The fourth-order valence-electron chi connectivity index (χ4n) is 5.67. The first-order valence-corrected chi connectivity index (χ1v) is 18.4. The molecule has 2 aromatic rings. The van der Waals surface area contributed by atoms with E-state index < -0.39 is 54.6 Å². The van der Waals surface area contributed by atoms with Gasteiger partial charge in [-0.15, -0.1) is 0 Å². The van der Waals surface area contributed by atoms with Crippen molar-refractivity contribution in [1.82, 2.24) is 9.44 Å². The molecule has 2 atom stereocenters. The molecule has 0 aliphatic heterocycles. The number of sulfonamides is 2. The summed E-state index contributed by atoms with van der Waals surface area (Å²) in [6.07, 6.45) is 9.64. The highest BCUT2D eigenvalue weighted by Crippen LogP contribution is 2.26. The summed E-state index contributed by atoms with van der Waals surface area (Å²) in [6.45, 7) is -0.541. The van der Waals surface area contributed by atoms with E-state index in [1.165, 1.54) is 0 Å². The second-order valence-corrected chi connectivity index (χ2v) is 15.4. The fraction of sp³-hybridized carbons (Fsp3) is 0.500. The maximum Gasteiger partial charge on any atom is 0.331 e. The van der Waals surface area contributed by atoms with Crippen LogP contribution in [0.3, 0.4) is 0 Å². The Bertz CT molecular complexity index is 1340. The minimum atomic E-state index is -3.65. The van der Waals surface area contributed by atoms with Crippen LogP contribution in [0.25, 0.3) is 0 Å². The van der Waals surface area contributed by atoms with Crippen LogP contribution in [0.2, 0.25) is 0 Å². The van der Waals surface area contributed by atoms with Crippen molar-refractivity contribution in [3.05, 3.63) is 83.9 Å². The van der Waals surface area contributed by atoms with E-state index in [0.29, 0.717) is 36.8 Å². The number of hydrogen-bond donors (Lipinski definition) is 2. The number of esters is 2. The molecular weight excluding hydrogens is 604 g/mol. The molecule has 2 saturated carbocycles. The molecule has 2 aromatic carbocycles. The molecule has 0 radical (unpaired) electrons. The number of rotatable bonds is 14. The van der Waals surface area contributed by atoms with Gasteiger partial charge in [-0.05, 0) is 36.8 Å². The molecule has 4 rings (SSSR count). The van der Waals surface area contributed by atoms with Crippen molar-refractivity contribution < 1.29 is 35.9 Å². The second kappa shape index (κ2) is 16.3. The second-order valence-electron chi connectivity index (χ2n) is 11.4. The maximum atomic E-state index is 13.1. The molecule has 0 heterocycles. The molecule has 0 unspecified atom stereocenters. The van der Waals surface area contributed by atoms with Gasteiger partial charge in [0.15, 0.2) is 0 Å². The van der Waals surface area contributed by atoms with E-state index in [-0.39, 0.29) is 13.2 Å². The third kappa shape index (κ3) is 10.3. The van der Waals surface area contributed by atoms with Crippen LogP contribution < -0.4 is 9.44 Å². The number of benzene rings is 2. The van der Waals surface area contributed by atoms with Crippen molar-refractivity contribution in [2.45, 2.75) is 86.8 Å².